The highest BCUT2D eigenvalue weighted by atomic mass is 79.9. The summed E-state index contributed by atoms with van der Waals surface area (Å²) in [6, 6.07) is 9.59. The van der Waals surface area contributed by atoms with Gasteiger partial charge in [-0.2, -0.15) is 0 Å². The van der Waals surface area contributed by atoms with Crippen LogP contribution in [0.1, 0.15) is 27.4 Å². The van der Waals surface area contributed by atoms with Gasteiger partial charge in [0.2, 0.25) is 5.78 Å². The molecule has 0 aliphatic heterocycles. The Morgan fingerprint density at radius 3 is 2.44 bits per heavy atom. The predicted octanol–water partition coefficient (Wildman–Crippen LogP) is 4.24. The average molecular weight is 549 g/mol. The van der Waals surface area contributed by atoms with E-state index in [-0.39, 0.29) is 37.2 Å². The largest absolute Gasteiger partial charge is 0.494 e. The van der Waals surface area contributed by atoms with Crippen LogP contribution in [-0.2, 0) is 24.7 Å². The fourth-order valence-electron chi connectivity index (χ4n) is 3.28. The Morgan fingerprint density at radius 2 is 1.82 bits per heavy atom. The third-order valence-electron chi connectivity index (χ3n) is 5.32. The van der Waals surface area contributed by atoms with E-state index in [4.69, 9.17) is 9.47 Å². The number of ketones is 1. The third kappa shape index (κ3) is 6.39. The van der Waals surface area contributed by atoms with Gasteiger partial charge in [-0.1, -0.05) is 31.8 Å². The van der Waals surface area contributed by atoms with Crippen LogP contribution in [0.3, 0.4) is 0 Å². The van der Waals surface area contributed by atoms with E-state index in [0.717, 1.165) is 11.6 Å². The molecule has 0 fully saturated rings. The maximum Gasteiger partial charge on any atom is 0.246 e. The molecule has 3 rings (SSSR count). The highest BCUT2D eigenvalue weighted by molar-refractivity contribution is 9.10. The summed E-state index contributed by atoms with van der Waals surface area (Å²) in [7, 11) is 0.277. The van der Waals surface area contributed by atoms with Gasteiger partial charge in [0.15, 0.2) is 11.6 Å². The van der Waals surface area contributed by atoms with Gasteiger partial charge in [-0.3, -0.25) is 4.79 Å². The molecule has 3 aromatic rings. The van der Waals surface area contributed by atoms with Gasteiger partial charge in [0.25, 0.3) is 0 Å². The molecule has 34 heavy (non-hydrogen) atoms. The number of aliphatic hydroxyl groups is 2. The Morgan fingerprint density at radius 1 is 1.09 bits per heavy atom. The van der Waals surface area contributed by atoms with Gasteiger partial charge in [-0.15, -0.1) is 0 Å². The Bertz CT molecular complexity index is 1160. The monoisotopic (exact) mass is 547 g/mol. The number of halogens is 1. The molecule has 10 heteroatoms. The van der Waals surface area contributed by atoms with Gasteiger partial charge in [-0.05, 0) is 51.3 Å². The number of hydrogen-bond acceptors (Lipinski definition) is 7. The van der Waals surface area contributed by atoms with Crippen molar-refractivity contribution in [2.45, 2.75) is 45.6 Å². The molecule has 2 aromatic heterocycles. The van der Waals surface area contributed by atoms with Crippen molar-refractivity contribution in [1.29, 1.82) is 0 Å². The van der Waals surface area contributed by atoms with Crippen LogP contribution in [0.15, 0.2) is 41.1 Å². The summed E-state index contributed by atoms with van der Waals surface area (Å²) >= 11 is 3.33. The molecular formula is C24H30BrN3O5Si. The maximum atomic E-state index is 13.3. The second-order valence-electron chi connectivity index (χ2n) is 9.09. The summed E-state index contributed by atoms with van der Waals surface area (Å²) in [4.78, 5) is 22.3. The van der Waals surface area contributed by atoms with Gasteiger partial charge < -0.3 is 24.3 Å². The number of nitrogens with zero attached hydrogens (tertiary/aromatic N) is 3. The van der Waals surface area contributed by atoms with E-state index in [1.54, 1.807) is 41.1 Å². The van der Waals surface area contributed by atoms with Crippen molar-refractivity contribution >= 4 is 29.8 Å². The summed E-state index contributed by atoms with van der Waals surface area (Å²) < 4.78 is 13.2. The standard InChI is InChI=1S/C24H30BrN3O5Si/c1-32-21-8-7-19(26-23(21)25)22(31)24-27-20(12-28(24)15-33-9-10-34(2,3)4)16-5-6-17(13-29)18(11-16)14-30/h5-8,11-12,29-30H,9-10,13-15H2,1-4H3. The predicted molar refractivity (Wildman–Crippen MR) is 136 cm³/mol. The lowest BCUT2D eigenvalue weighted by Gasteiger charge is -2.16. The van der Waals surface area contributed by atoms with Crippen molar-refractivity contribution in [1.82, 2.24) is 14.5 Å². The average Bonchev–Trinajstić information content (AvgIpc) is 3.24. The molecule has 0 amide bonds. The van der Waals surface area contributed by atoms with Crippen LogP contribution in [-0.4, -0.2) is 52.3 Å². The van der Waals surface area contributed by atoms with Crippen molar-refractivity contribution in [2.75, 3.05) is 13.7 Å². The summed E-state index contributed by atoms with van der Waals surface area (Å²) in [5.74, 6) is 0.373. The number of ether oxygens (including phenoxy) is 2. The minimum Gasteiger partial charge on any atom is -0.494 e. The number of rotatable bonds is 11. The number of hydrogen-bond donors (Lipinski definition) is 2. The van der Waals surface area contributed by atoms with Crippen LogP contribution in [0, 0.1) is 0 Å². The molecule has 0 saturated heterocycles. The SMILES string of the molecule is COc1ccc(C(=O)c2nc(-c3ccc(CO)c(CO)c3)cn2COCC[Si](C)(C)C)nc1Br. The Balaban J connectivity index is 1.96. The van der Waals surface area contributed by atoms with E-state index in [1.807, 2.05) is 0 Å². The molecule has 0 aliphatic rings. The lowest BCUT2D eigenvalue weighted by Crippen LogP contribution is -2.22. The number of aromatic nitrogens is 3. The van der Waals surface area contributed by atoms with Crippen LogP contribution in [0.25, 0.3) is 11.3 Å². The van der Waals surface area contributed by atoms with E-state index in [1.165, 1.54) is 7.11 Å². The number of aliphatic hydroxyl groups excluding tert-OH is 2. The molecular weight excluding hydrogens is 518 g/mol. The van der Waals surface area contributed by atoms with E-state index < -0.39 is 8.07 Å². The van der Waals surface area contributed by atoms with Gasteiger partial charge >= 0.3 is 0 Å². The van der Waals surface area contributed by atoms with Crippen molar-refractivity contribution in [3.8, 4) is 17.0 Å². The second-order valence-corrected chi connectivity index (χ2v) is 15.5. The zero-order valence-electron chi connectivity index (χ0n) is 19.8. The van der Waals surface area contributed by atoms with Gasteiger partial charge in [0.1, 0.15) is 17.0 Å². The molecule has 2 N–H and O–H groups in total. The first-order chi connectivity index (χ1) is 16.2. The molecule has 8 nitrogen and oxygen atoms in total. The lowest BCUT2D eigenvalue weighted by atomic mass is 10.0. The number of carbonyl (C=O) groups excluding carboxylic acids is 1. The van der Waals surface area contributed by atoms with E-state index in [0.29, 0.717) is 33.8 Å². The summed E-state index contributed by atoms with van der Waals surface area (Å²) in [5.41, 5.74) is 2.75. The number of carbonyl (C=O) groups is 1. The maximum absolute atomic E-state index is 13.3. The number of pyridine rings is 1. The topological polar surface area (TPSA) is 107 Å². The minimum absolute atomic E-state index is 0.169. The zero-order valence-corrected chi connectivity index (χ0v) is 22.4. The first kappa shape index (κ1) is 26.2. The van der Waals surface area contributed by atoms with Gasteiger partial charge in [0, 0.05) is 26.4 Å². The molecule has 182 valence electrons. The molecule has 0 atom stereocenters. The summed E-state index contributed by atoms with van der Waals surface area (Å²) in [5, 5.41) is 19.2. The Hall–Kier alpha value is -2.37. The van der Waals surface area contributed by atoms with Crippen LogP contribution in [0.4, 0.5) is 0 Å². The first-order valence-electron chi connectivity index (χ1n) is 10.9. The Kier molecular flexibility index (Phi) is 8.77. The fraction of sp³-hybridized carbons (Fsp3) is 0.375. The summed E-state index contributed by atoms with van der Waals surface area (Å²) in [6.45, 7) is 7.24. The highest BCUT2D eigenvalue weighted by Gasteiger charge is 2.22. The molecule has 0 spiro atoms. The van der Waals surface area contributed by atoms with Gasteiger partial charge in [0.05, 0.1) is 26.0 Å². The van der Waals surface area contributed by atoms with E-state index >= 15 is 0 Å². The smallest absolute Gasteiger partial charge is 0.246 e. The Labute approximate surface area is 208 Å². The number of imidazole rings is 1. The van der Waals surface area contributed by atoms with Crippen molar-refractivity contribution in [2.24, 2.45) is 0 Å². The van der Waals surface area contributed by atoms with Crippen LogP contribution < -0.4 is 4.74 Å². The van der Waals surface area contributed by atoms with Crippen molar-refractivity contribution < 1.29 is 24.5 Å². The fourth-order valence-corrected chi connectivity index (χ4v) is 4.52. The van der Waals surface area contributed by atoms with Crippen LogP contribution in [0.5, 0.6) is 5.75 Å². The zero-order chi connectivity index (χ0) is 24.9. The molecule has 0 unspecified atom stereocenters. The third-order valence-corrected chi connectivity index (χ3v) is 7.59. The van der Waals surface area contributed by atoms with Crippen molar-refractivity contribution in [3.05, 3.63) is 63.8 Å². The van der Waals surface area contributed by atoms with E-state index in [2.05, 4.69) is 45.5 Å². The summed E-state index contributed by atoms with van der Waals surface area (Å²) in [6.07, 6.45) is 1.76. The minimum atomic E-state index is -1.25. The second kappa shape index (κ2) is 11.4. The molecule has 0 aliphatic carbocycles. The quantitative estimate of drug-likeness (QED) is 0.160. The lowest BCUT2D eigenvalue weighted by molar-refractivity contribution is 0.0811. The van der Waals surface area contributed by atoms with Gasteiger partial charge in [-0.25, -0.2) is 9.97 Å². The molecule has 1 aromatic carbocycles. The molecule has 2 heterocycles. The first-order valence-corrected chi connectivity index (χ1v) is 15.4. The molecule has 0 saturated carbocycles. The normalized spacial score (nSPS) is 11.6. The van der Waals surface area contributed by atoms with E-state index in [9.17, 15) is 15.0 Å². The number of benzene rings is 1. The molecule has 0 radical (unpaired) electrons. The van der Waals surface area contributed by atoms with Crippen LogP contribution >= 0.6 is 15.9 Å². The van der Waals surface area contributed by atoms with Crippen molar-refractivity contribution in [3.63, 3.8) is 0 Å². The van der Waals surface area contributed by atoms with Crippen LogP contribution in [0.2, 0.25) is 25.7 Å². The molecule has 0 bridgehead atoms. The highest BCUT2D eigenvalue weighted by Crippen LogP contribution is 2.26. The number of methoxy groups -OCH3 is 1.